The number of hydrogen-bond donors (Lipinski definition) is 3. The fourth-order valence-electron chi connectivity index (χ4n) is 4.73. The predicted octanol–water partition coefficient (Wildman–Crippen LogP) is 3.89. The first kappa shape index (κ1) is 23.7. The van der Waals surface area contributed by atoms with Crippen molar-refractivity contribution in [2.45, 2.75) is 38.8 Å². The molecule has 4 N–H and O–H groups in total. The summed E-state index contributed by atoms with van der Waals surface area (Å²) in [5.74, 6) is 0.447. The molecule has 1 amide bonds. The molecule has 0 spiro atoms. The highest BCUT2D eigenvalue weighted by atomic mass is 79.9. The van der Waals surface area contributed by atoms with Crippen molar-refractivity contribution in [3.63, 3.8) is 0 Å². The van der Waals surface area contributed by atoms with Crippen molar-refractivity contribution >= 4 is 33.4 Å². The monoisotopic (exact) mass is 515 g/mol. The Balaban J connectivity index is 1.46. The van der Waals surface area contributed by atoms with Gasteiger partial charge in [-0.15, -0.1) is 0 Å². The van der Waals surface area contributed by atoms with E-state index < -0.39 is 0 Å². The van der Waals surface area contributed by atoms with Crippen LogP contribution in [0.4, 0.5) is 10.1 Å². The number of fused-ring (bicyclic) bond motifs is 1. The average molecular weight is 516 g/mol. The van der Waals surface area contributed by atoms with Crippen molar-refractivity contribution in [1.29, 1.82) is 5.41 Å². The lowest BCUT2D eigenvalue weighted by molar-refractivity contribution is 0.0704. The number of rotatable bonds is 5. The minimum absolute atomic E-state index is 0.0424. The molecule has 2 aliphatic rings. The second-order valence-corrected chi connectivity index (χ2v) is 9.81. The second kappa shape index (κ2) is 10.2. The Morgan fingerprint density at radius 2 is 1.94 bits per heavy atom. The third-order valence-corrected chi connectivity index (χ3v) is 7.16. The molecule has 0 atom stereocenters. The van der Waals surface area contributed by atoms with Crippen molar-refractivity contribution in [3.05, 3.63) is 62.6 Å². The third-order valence-electron chi connectivity index (χ3n) is 6.70. The Labute approximate surface area is 203 Å². The van der Waals surface area contributed by atoms with Gasteiger partial charge >= 0.3 is 0 Å². The van der Waals surface area contributed by atoms with E-state index in [0.29, 0.717) is 43.3 Å². The largest absolute Gasteiger partial charge is 0.398 e. The van der Waals surface area contributed by atoms with Crippen LogP contribution in [-0.4, -0.2) is 60.4 Å². The zero-order valence-corrected chi connectivity index (χ0v) is 20.6. The number of anilines is 1. The van der Waals surface area contributed by atoms with E-state index in [9.17, 15) is 9.18 Å². The molecular formula is C25H31BrFN5O. The standard InChI is InChI=1S/C25H31BrFN5O/c1-16-12-20(26)14-22(23(16)28)24(29)32-9-4-17-2-3-18(13-19(17)15-32)25(33)31-10-5-21(6-11-31)30-8-7-27/h2-3,12-14,21,29-30H,4-11,15,28H2,1H3. The predicted molar refractivity (Wildman–Crippen MR) is 134 cm³/mol. The van der Waals surface area contributed by atoms with Crippen LogP contribution >= 0.6 is 15.9 Å². The maximum atomic E-state index is 13.1. The van der Waals surface area contributed by atoms with Gasteiger partial charge in [0, 0.05) is 60.1 Å². The van der Waals surface area contributed by atoms with Gasteiger partial charge in [0.15, 0.2) is 0 Å². The first-order chi connectivity index (χ1) is 15.9. The smallest absolute Gasteiger partial charge is 0.253 e. The number of nitrogen functional groups attached to an aromatic ring is 1. The van der Waals surface area contributed by atoms with Crippen molar-refractivity contribution < 1.29 is 9.18 Å². The summed E-state index contributed by atoms with van der Waals surface area (Å²) in [6.07, 6.45) is 2.51. The van der Waals surface area contributed by atoms with Gasteiger partial charge in [-0.05, 0) is 67.1 Å². The number of likely N-dealkylation sites (tertiary alicyclic amines) is 1. The van der Waals surface area contributed by atoms with E-state index in [-0.39, 0.29) is 18.6 Å². The van der Waals surface area contributed by atoms with Crippen LogP contribution in [0.1, 0.15) is 45.5 Å². The molecule has 2 aromatic carbocycles. The number of aryl methyl sites for hydroxylation is 1. The fourth-order valence-corrected chi connectivity index (χ4v) is 5.30. The number of halogens is 2. The van der Waals surface area contributed by atoms with Crippen molar-refractivity contribution in [2.75, 3.05) is 38.6 Å². The average Bonchev–Trinajstić information content (AvgIpc) is 2.83. The number of carbonyl (C=O) groups excluding carboxylic acids is 1. The van der Waals surface area contributed by atoms with E-state index in [0.717, 1.165) is 47.0 Å². The first-order valence-corrected chi connectivity index (χ1v) is 12.3. The van der Waals surface area contributed by atoms with E-state index >= 15 is 0 Å². The number of amides is 1. The van der Waals surface area contributed by atoms with Gasteiger partial charge in [0.25, 0.3) is 5.91 Å². The zero-order chi connectivity index (χ0) is 23.5. The summed E-state index contributed by atoms with van der Waals surface area (Å²) in [7, 11) is 0. The number of benzene rings is 2. The molecule has 0 bridgehead atoms. The van der Waals surface area contributed by atoms with E-state index in [2.05, 4.69) is 27.3 Å². The Kier molecular flexibility index (Phi) is 7.34. The van der Waals surface area contributed by atoms with E-state index in [1.54, 1.807) is 0 Å². The van der Waals surface area contributed by atoms with Crippen LogP contribution in [0.3, 0.4) is 0 Å². The lowest BCUT2D eigenvalue weighted by Gasteiger charge is -2.34. The summed E-state index contributed by atoms with van der Waals surface area (Å²) in [6, 6.07) is 10.1. The Hall–Kier alpha value is -2.45. The molecule has 6 nitrogen and oxygen atoms in total. The summed E-state index contributed by atoms with van der Waals surface area (Å²) in [6.45, 7) is 4.63. The van der Waals surface area contributed by atoms with Gasteiger partial charge in [-0.1, -0.05) is 22.0 Å². The number of carbonyl (C=O) groups is 1. The van der Waals surface area contributed by atoms with Gasteiger partial charge in [0.2, 0.25) is 0 Å². The molecule has 0 unspecified atom stereocenters. The Bertz CT molecular complexity index is 1050. The number of amidine groups is 1. The topological polar surface area (TPSA) is 85.5 Å². The summed E-state index contributed by atoms with van der Waals surface area (Å²) in [5, 5.41) is 12.0. The second-order valence-electron chi connectivity index (χ2n) is 8.90. The number of hydrogen-bond acceptors (Lipinski definition) is 4. The van der Waals surface area contributed by atoms with Crippen LogP contribution in [0.25, 0.3) is 0 Å². The van der Waals surface area contributed by atoms with Gasteiger partial charge in [-0.2, -0.15) is 0 Å². The van der Waals surface area contributed by atoms with Crippen LogP contribution in [0.2, 0.25) is 0 Å². The van der Waals surface area contributed by atoms with Crippen molar-refractivity contribution in [3.8, 4) is 0 Å². The van der Waals surface area contributed by atoms with E-state index in [1.807, 2.05) is 41.0 Å². The fraction of sp³-hybridized carbons (Fsp3) is 0.440. The highest BCUT2D eigenvalue weighted by Crippen LogP contribution is 2.28. The van der Waals surface area contributed by atoms with Crippen LogP contribution in [-0.2, 0) is 13.0 Å². The minimum atomic E-state index is -0.365. The number of nitrogens with two attached hydrogens (primary N) is 1. The van der Waals surface area contributed by atoms with Crippen LogP contribution in [0, 0.1) is 12.3 Å². The molecule has 2 heterocycles. The summed E-state index contributed by atoms with van der Waals surface area (Å²) in [4.78, 5) is 17.0. The molecule has 0 aliphatic carbocycles. The van der Waals surface area contributed by atoms with Gasteiger partial charge in [0.1, 0.15) is 12.5 Å². The highest BCUT2D eigenvalue weighted by Gasteiger charge is 2.26. The maximum absolute atomic E-state index is 13.1. The first-order valence-electron chi connectivity index (χ1n) is 11.5. The lowest BCUT2D eigenvalue weighted by Crippen LogP contribution is -2.45. The minimum Gasteiger partial charge on any atom is -0.398 e. The summed E-state index contributed by atoms with van der Waals surface area (Å²) < 4.78 is 13.3. The van der Waals surface area contributed by atoms with Gasteiger partial charge < -0.3 is 20.9 Å². The van der Waals surface area contributed by atoms with Crippen LogP contribution in [0.5, 0.6) is 0 Å². The Morgan fingerprint density at radius 1 is 1.18 bits per heavy atom. The number of alkyl halides is 1. The SMILES string of the molecule is Cc1cc(Br)cc(C(=N)N2CCc3ccc(C(=O)N4CCC(NCCF)CC4)cc3C2)c1N. The van der Waals surface area contributed by atoms with Crippen molar-refractivity contribution in [2.24, 2.45) is 0 Å². The van der Waals surface area contributed by atoms with Gasteiger partial charge in [-0.25, -0.2) is 4.39 Å². The normalized spacial score (nSPS) is 16.6. The molecular weight excluding hydrogens is 485 g/mol. The molecule has 4 rings (SSSR count). The van der Waals surface area contributed by atoms with E-state index in [4.69, 9.17) is 11.1 Å². The number of nitrogens with zero attached hydrogens (tertiary/aromatic N) is 2. The molecule has 0 aromatic heterocycles. The molecule has 2 aromatic rings. The molecule has 8 heteroatoms. The quantitative estimate of drug-likeness (QED) is 0.320. The molecule has 2 aliphatic heterocycles. The third kappa shape index (κ3) is 5.22. The maximum Gasteiger partial charge on any atom is 0.253 e. The molecule has 0 radical (unpaired) electrons. The Morgan fingerprint density at radius 3 is 2.67 bits per heavy atom. The molecule has 1 fully saturated rings. The molecule has 33 heavy (non-hydrogen) atoms. The summed E-state index contributed by atoms with van der Waals surface area (Å²) >= 11 is 3.51. The van der Waals surface area contributed by atoms with Gasteiger partial charge in [-0.3, -0.25) is 10.2 Å². The zero-order valence-electron chi connectivity index (χ0n) is 19.0. The van der Waals surface area contributed by atoms with Crippen LogP contribution in [0.15, 0.2) is 34.8 Å². The summed E-state index contributed by atoms with van der Waals surface area (Å²) in [5.41, 5.74) is 11.6. The molecule has 176 valence electrons. The number of piperidine rings is 1. The van der Waals surface area contributed by atoms with Crippen LogP contribution < -0.4 is 11.1 Å². The highest BCUT2D eigenvalue weighted by molar-refractivity contribution is 9.10. The number of nitrogens with one attached hydrogen (secondary N) is 2. The molecule has 0 saturated carbocycles. The van der Waals surface area contributed by atoms with Gasteiger partial charge in [0.05, 0.1) is 0 Å². The van der Waals surface area contributed by atoms with E-state index in [1.165, 1.54) is 5.56 Å². The molecule has 1 saturated heterocycles. The lowest BCUT2D eigenvalue weighted by atomic mass is 9.95. The van der Waals surface area contributed by atoms with Crippen molar-refractivity contribution in [1.82, 2.24) is 15.1 Å².